The number of ether oxygens (including phenoxy) is 1. The summed E-state index contributed by atoms with van der Waals surface area (Å²) in [6.45, 7) is 27.6. The van der Waals surface area contributed by atoms with E-state index in [1.165, 1.54) is 94.6 Å². The molecule has 0 aromatic carbocycles. The van der Waals surface area contributed by atoms with E-state index in [0.29, 0.717) is 0 Å². The first-order valence-corrected chi connectivity index (χ1v) is 30.8. The van der Waals surface area contributed by atoms with Crippen molar-refractivity contribution in [3.05, 3.63) is 10.4 Å². The van der Waals surface area contributed by atoms with Gasteiger partial charge in [-0.2, -0.15) is 0 Å². The van der Waals surface area contributed by atoms with Crippen molar-refractivity contribution in [1.82, 2.24) is 55.6 Å². The predicted octanol–water partition coefficient (Wildman–Crippen LogP) is 3.18. The zero-order chi connectivity index (χ0) is 68.3. The molecule has 27 nitrogen and oxygen atoms in total. The van der Waals surface area contributed by atoms with Crippen LogP contribution in [0.5, 0.6) is 0 Å². The summed E-state index contributed by atoms with van der Waals surface area (Å²) in [5.74, 6) is -11.7. The lowest BCUT2D eigenvalue weighted by Gasteiger charge is -2.42. The molecule has 11 amide bonds. The number of likely N-dealkylation sites (N-methyl/N-ethyl adjacent to an activating group) is 7. The molecule has 0 aromatic rings. The Labute approximate surface area is 522 Å². The topological polar surface area (TPSA) is 334 Å². The lowest BCUT2D eigenvalue weighted by atomic mass is 9.92. The number of carbonyl (C=O) groups excluding carboxylic acids is 12. The Balaban J connectivity index is 4.44. The SMILES string of the molecule is CC[C@@H]1NC(=O)C([C@H](OC(C)=O)[C@H](C)CN=[N+]=[N-])N(C)C(=O)[C@H](C(C)C)N(C)C(=O)[C@H](CC(C)C)N(C)C(=O)[C@H](CC(C)C)N(C)C(=O)[C@@H](C)NC(=O)[C@H](C)NC(=O)[C@H](CC(C)C)N(C)C(=O)[C@H](C(C)C)NC(=O)[C@H](CC(C)C)N(C)C(=O)CN(C)C1=O. The van der Waals surface area contributed by atoms with Gasteiger partial charge >= 0.3 is 5.97 Å². The van der Waals surface area contributed by atoms with Crippen molar-refractivity contribution in [1.29, 1.82) is 0 Å². The van der Waals surface area contributed by atoms with Crippen molar-refractivity contribution < 1.29 is 62.3 Å². The van der Waals surface area contributed by atoms with E-state index in [0.717, 1.165) is 16.7 Å². The number of carbonyl (C=O) groups is 12. The Morgan fingerprint density at radius 3 is 1.38 bits per heavy atom. The summed E-state index contributed by atoms with van der Waals surface area (Å²) in [4.78, 5) is 185. The van der Waals surface area contributed by atoms with Crippen molar-refractivity contribution in [3.63, 3.8) is 0 Å². The number of nitrogens with one attached hydrogen (secondary N) is 4. The second-order valence-electron chi connectivity index (χ2n) is 26.3. The van der Waals surface area contributed by atoms with E-state index in [1.54, 1.807) is 34.6 Å². The van der Waals surface area contributed by atoms with Gasteiger partial charge in [-0.1, -0.05) is 102 Å². The van der Waals surface area contributed by atoms with Gasteiger partial charge in [-0.05, 0) is 87.0 Å². The highest BCUT2D eigenvalue weighted by molar-refractivity contribution is 5.99. The molecule has 1 aliphatic rings. The minimum atomic E-state index is -1.76. The number of rotatable bonds is 16. The van der Waals surface area contributed by atoms with Crippen LogP contribution in [0.15, 0.2) is 5.11 Å². The molecule has 1 fully saturated rings. The fraction of sp³-hybridized carbons (Fsp3) is 0.803. The molecule has 0 aromatic heterocycles. The highest BCUT2D eigenvalue weighted by Crippen LogP contribution is 2.26. The molecule has 88 heavy (non-hydrogen) atoms. The van der Waals surface area contributed by atoms with Crippen molar-refractivity contribution in [3.8, 4) is 0 Å². The maximum absolute atomic E-state index is 15.3. The van der Waals surface area contributed by atoms with Gasteiger partial charge in [0.25, 0.3) is 0 Å². The van der Waals surface area contributed by atoms with Crippen LogP contribution in [0.4, 0.5) is 0 Å². The van der Waals surface area contributed by atoms with Gasteiger partial charge in [-0.25, -0.2) is 0 Å². The lowest BCUT2D eigenvalue weighted by Crippen LogP contribution is -2.64. The monoisotopic (exact) mass is 1240 g/mol. The second-order valence-corrected chi connectivity index (χ2v) is 26.3. The first-order chi connectivity index (χ1) is 40.6. The van der Waals surface area contributed by atoms with E-state index >= 15 is 19.2 Å². The molecule has 4 N–H and O–H groups in total. The smallest absolute Gasteiger partial charge is 0.303 e. The van der Waals surface area contributed by atoms with Crippen LogP contribution in [0.3, 0.4) is 0 Å². The Kier molecular flexibility index (Phi) is 32.1. The fourth-order valence-electron chi connectivity index (χ4n) is 10.8. The van der Waals surface area contributed by atoms with Gasteiger partial charge in [0.15, 0.2) is 0 Å². The number of hydrogen-bond acceptors (Lipinski definition) is 14. The summed E-state index contributed by atoms with van der Waals surface area (Å²) in [6.07, 6.45) is -1.10. The van der Waals surface area contributed by atoms with Crippen molar-refractivity contribution in [2.24, 2.45) is 46.5 Å². The van der Waals surface area contributed by atoms with E-state index < -0.39 is 162 Å². The summed E-state index contributed by atoms with van der Waals surface area (Å²) in [6, 6.07) is -12.9. The Morgan fingerprint density at radius 1 is 0.511 bits per heavy atom. The molecule has 1 aliphatic heterocycles. The van der Waals surface area contributed by atoms with Gasteiger partial charge < -0.3 is 60.3 Å². The molecule has 12 atom stereocenters. The number of esters is 1. The summed E-state index contributed by atoms with van der Waals surface area (Å²) < 4.78 is 5.78. The number of hydrogen-bond donors (Lipinski definition) is 4. The summed E-state index contributed by atoms with van der Waals surface area (Å²) >= 11 is 0. The number of amides is 11. The highest BCUT2D eigenvalue weighted by atomic mass is 16.5. The third-order valence-corrected chi connectivity index (χ3v) is 16.0. The Bertz CT molecular complexity index is 2500. The van der Waals surface area contributed by atoms with Crippen LogP contribution in [-0.2, 0) is 62.3 Å². The van der Waals surface area contributed by atoms with E-state index in [9.17, 15) is 43.9 Å². The summed E-state index contributed by atoms with van der Waals surface area (Å²) in [7, 11) is 9.63. The molecule has 0 aliphatic carbocycles. The number of azide groups is 1. The van der Waals surface area contributed by atoms with E-state index in [4.69, 9.17) is 4.74 Å². The quantitative estimate of drug-likeness (QED) is 0.0748. The van der Waals surface area contributed by atoms with Gasteiger partial charge in [0, 0.05) is 73.6 Å². The summed E-state index contributed by atoms with van der Waals surface area (Å²) in [5.41, 5.74) is 9.33. The molecule has 500 valence electrons. The fourth-order valence-corrected chi connectivity index (χ4v) is 10.8. The maximum Gasteiger partial charge on any atom is 0.303 e. The number of nitrogens with zero attached hydrogens (tertiary/aromatic N) is 10. The Morgan fingerprint density at radius 2 is 0.932 bits per heavy atom. The average Bonchev–Trinajstić information content (AvgIpc) is 1.25. The molecule has 0 spiro atoms. The molecule has 1 unspecified atom stereocenters. The van der Waals surface area contributed by atoms with E-state index in [-0.39, 0.29) is 62.3 Å². The van der Waals surface area contributed by atoms with Crippen molar-refractivity contribution >= 4 is 70.9 Å². The van der Waals surface area contributed by atoms with E-state index in [1.807, 2.05) is 55.4 Å². The molecule has 0 radical (unpaired) electrons. The van der Waals surface area contributed by atoms with Gasteiger partial charge in [-0.3, -0.25) is 57.5 Å². The standard InChI is InChI=1S/C61H108N14O13/c1-25-42-57(83)69(18)31-47(77)70(19)43(26-32(2)3)54(80)67-48(36(10)11)60(86)71(20)44(27-33(4)5)53(79)64-39(15)52(78)65-40(16)56(82)72(21)45(28-34(6)7)58(84)73(22)46(29-35(8)9)59(85)74(23)49(37(12)13)61(87)75(24)50(55(81)66-42)51(88-41(17)76)38(14)30-63-68-62/h32-40,42-46,48-51H,25-31H2,1-24H3,(H,64,79)(H,65,78)(H,66,81)(H,67,80)/t38-,39+,40-,42+,43+,44+,45+,46+,48+,49+,50?,51-/m1/s1. The zero-order valence-corrected chi connectivity index (χ0v) is 57.1. The minimum Gasteiger partial charge on any atom is -0.460 e. The minimum absolute atomic E-state index is 0.0582. The normalized spacial score (nSPS) is 26.1. The first-order valence-electron chi connectivity index (χ1n) is 30.8. The molecule has 1 saturated heterocycles. The van der Waals surface area contributed by atoms with Crippen LogP contribution < -0.4 is 21.3 Å². The average molecular weight is 1250 g/mol. The van der Waals surface area contributed by atoms with Crippen LogP contribution in [0.25, 0.3) is 10.4 Å². The third kappa shape index (κ3) is 22.2. The molecule has 1 rings (SSSR count). The van der Waals surface area contributed by atoms with Gasteiger partial charge in [0.05, 0.1) is 6.54 Å². The largest absolute Gasteiger partial charge is 0.460 e. The Hall–Kier alpha value is -7.05. The molecular formula is C61H108N14O13. The van der Waals surface area contributed by atoms with Crippen LogP contribution in [0.2, 0.25) is 0 Å². The predicted molar refractivity (Wildman–Crippen MR) is 333 cm³/mol. The van der Waals surface area contributed by atoms with Crippen LogP contribution in [-0.4, -0.2) is 234 Å². The van der Waals surface area contributed by atoms with Gasteiger partial charge in [0.2, 0.25) is 65.0 Å². The van der Waals surface area contributed by atoms with Crippen LogP contribution >= 0.6 is 0 Å². The van der Waals surface area contributed by atoms with Crippen LogP contribution in [0, 0.1) is 41.4 Å². The summed E-state index contributed by atoms with van der Waals surface area (Å²) in [5, 5.41) is 14.5. The third-order valence-electron chi connectivity index (χ3n) is 16.0. The van der Waals surface area contributed by atoms with Gasteiger partial charge in [0.1, 0.15) is 66.5 Å². The van der Waals surface area contributed by atoms with Crippen molar-refractivity contribution in [2.45, 2.75) is 216 Å². The highest BCUT2D eigenvalue weighted by Gasteiger charge is 2.47. The van der Waals surface area contributed by atoms with Gasteiger partial charge in [-0.15, -0.1) is 0 Å². The molecule has 0 bridgehead atoms. The molecule has 27 heteroatoms. The molecule has 1 heterocycles. The second kappa shape index (κ2) is 35.8. The molecular weight excluding hydrogens is 1140 g/mol. The lowest BCUT2D eigenvalue weighted by molar-refractivity contribution is -0.164. The van der Waals surface area contributed by atoms with Crippen molar-refractivity contribution in [2.75, 3.05) is 62.4 Å². The van der Waals surface area contributed by atoms with E-state index in [2.05, 4.69) is 31.3 Å². The first kappa shape index (κ1) is 79.0. The molecule has 0 saturated carbocycles. The van der Waals surface area contributed by atoms with Crippen LogP contribution in [0.1, 0.15) is 150 Å². The maximum atomic E-state index is 15.3. The zero-order valence-electron chi connectivity index (χ0n) is 57.1.